The average Bonchev–Trinajstić information content (AvgIpc) is 2.69. The fraction of sp³-hybridized carbons (Fsp3) is 0.250. The summed E-state index contributed by atoms with van der Waals surface area (Å²) in [5, 5.41) is 4.13. The summed E-state index contributed by atoms with van der Waals surface area (Å²) in [5.41, 5.74) is 8.19. The molecule has 0 aromatic carbocycles. The molecule has 0 unspecified atom stereocenters. The van der Waals surface area contributed by atoms with Gasteiger partial charge in [-0.05, 0) is 25.5 Å². The molecule has 0 saturated carbocycles. The van der Waals surface area contributed by atoms with Crippen molar-refractivity contribution in [1.82, 2.24) is 9.97 Å². The second-order valence-corrected chi connectivity index (χ2v) is 5.44. The molecule has 0 atom stereocenters. The first-order valence-corrected chi connectivity index (χ1v) is 6.81. The number of pyridine rings is 1. The van der Waals surface area contributed by atoms with Crippen LogP contribution in [0.5, 0.6) is 0 Å². The highest BCUT2D eigenvalue weighted by Crippen LogP contribution is 2.25. The summed E-state index contributed by atoms with van der Waals surface area (Å²) in [6, 6.07) is 3.69. The Bertz CT molecular complexity index is 577. The van der Waals surface area contributed by atoms with Gasteiger partial charge in [-0.1, -0.05) is 19.1 Å². The SMILES string of the molecule is CCc1nc(Nc2ccnc(C(N)=S)c2)sc1C. The number of nitrogens with two attached hydrogens (primary N) is 1. The second kappa shape index (κ2) is 5.41. The summed E-state index contributed by atoms with van der Waals surface area (Å²) in [4.78, 5) is 10.2. The molecule has 0 radical (unpaired) electrons. The summed E-state index contributed by atoms with van der Waals surface area (Å²) in [5.74, 6) is 0. The lowest BCUT2D eigenvalue weighted by atomic mass is 10.3. The topological polar surface area (TPSA) is 63.8 Å². The summed E-state index contributed by atoms with van der Waals surface area (Å²) >= 11 is 6.55. The van der Waals surface area contributed by atoms with Gasteiger partial charge in [0.25, 0.3) is 0 Å². The molecule has 6 heteroatoms. The maximum absolute atomic E-state index is 5.55. The van der Waals surface area contributed by atoms with Crippen LogP contribution < -0.4 is 11.1 Å². The number of aromatic nitrogens is 2. The van der Waals surface area contributed by atoms with Crippen LogP contribution in [0.15, 0.2) is 18.3 Å². The molecule has 0 saturated heterocycles. The molecule has 2 rings (SSSR count). The van der Waals surface area contributed by atoms with E-state index in [4.69, 9.17) is 18.0 Å². The first kappa shape index (κ1) is 12.9. The van der Waals surface area contributed by atoms with E-state index >= 15 is 0 Å². The maximum atomic E-state index is 5.55. The van der Waals surface area contributed by atoms with Crippen molar-refractivity contribution >= 4 is 39.4 Å². The third-order valence-electron chi connectivity index (χ3n) is 2.49. The predicted octanol–water partition coefficient (Wildman–Crippen LogP) is 2.79. The monoisotopic (exact) mass is 278 g/mol. The number of hydrogen-bond donors (Lipinski definition) is 2. The molecule has 0 bridgehead atoms. The number of thiazole rings is 1. The molecule has 0 aliphatic heterocycles. The minimum absolute atomic E-state index is 0.295. The Morgan fingerprint density at radius 2 is 2.33 bits per heavy atom. The van der Waals surface area contributed by atoms with Gasteiger partial charge in [0.15, 0.2) is 5.13 Å². The van der Waals surface area contributed by atoms with E-state index in [2.05, 4.69) is 29.1 Å². The van der Waals surface area contributed by atoms with Crippen molar-refractivity contribution in [3.05, 3.63) is 34.6 Å². The van der Waals surface area contributed by atoms with Gasteiger partial charge in [-0.2, -0.15) is 0 Å². The van der Waals surface area contributed by atoms with Gasteiger partial charge in [-0.3, -0.25) is 4.98 Å². The third-order valence-corrected chi connectivity index (χ3v) is 3.63. The number of aryl methyl sites for hydroxylation is 2. The van der Waals surface area contributed by atoms with Gasteiger partial charge in [0, 0.05) is 16.8 Å². The Kier molecular flexibility index (Phi) is 3.88. The van der Waals surface area contributed by atoms with Crippen LogP contribution in [0.1, 0.15) is 23.2 Å². The van der Waals surface area contributed by atoms with Crippen molar-refractivity contribution in [2.45, 2.75) is 20.3 Å². The van der Waals surface area contributed by atoms with E-state index in [9.17, 15) is 0 Å². The minimum Gasteiger partial charge on any atom is -0.388 e. The van der Waals surface area contributed by atoms with Crippen molar-refractivity contribution < 1.29 is 0 Å². The zero-order chi connectivity index (χ0) is 13.1. The lowest BCUT2D eigenvalue weighted by molar-refractivity contribution is 1.05. The minimum atomic E-state index is 0.295. The van der Waals surface area contributed by atoms with Gasteiger partial charge < -0.3 is 11.1 Å². The Morgan fingerprint density at radius 1 is 1.56 bits per heavy atom. The molecule has 0 spiro atoms. The van der Waals surface area contributed by atoms with E-state index < -0.39 is 0 Å². The number of rotatable bonds is 4. The van der Waals surface area contributed by atoms with E-state index in [-0.39, 0.29) is 0 Å². The molecule has 0 aliphatic carbocycles. The molecule has 0 aliphatic rings. The van der Waals surface area contributed by atoms with E-state index in [1.807, 2.05) is 12.1 Å². The van der Waals surface area contributed by atoms with Crippen molar-refractivity contribution in [1.29, 1.82) is 0 Å². The highest BCUT2D eigenvalue weighted by Gasteiger charge is 2.06. The number of nitrogens with zero attached hydrogens (tertiary/aromatic N) is 2. The molecule has 2 aromatic rings. The first-order valence-electron chi connectivity index (χ1n) is 5.59. The third kappa shape index (κ3) is 2.83. The highest BCUT2D eigenvalue weighted by atomic mass is 32.1. The van der Waals surface area contributed by atoms with Crippen LogP contribution in [0.2, 0.25) is 0 Å². The van der Waals surface area contributed by atoms with Gasteiger partial charge in [-0.15, -0.1) is 11.3 Å². The van der Waals surface area contributed by atoms with Crippen LogP contribution in [0, 0.1) is 6.92 Å². The van der Waals surface area contributed by atoms with Gasteiger partial charge in [0.2, 0.25) is 0 Å². The summed E-state index contributed by atoms with van der Waals surface area (Å²) < 4.78 is 0. The number of anilines is 2. The van der Waals surface area contributed by atoms with Crippen LogP contribution in [0.3, 0.4) is 0 Å². The van der Waals surface area contributed by atoms with Crippen molar-refractivity contribution in [3.63, 3.8) is 0 Å². The van der Waals surface area contributed by atoms with Gasteiger partial charge in [0.05, 0.1) is 11.4 Å². The summed E-state index contributed by atoms with van der Waals surface area (Å²) in [6.45, 7) is 4.18. The Labute approximate surface area is 115 Å². The van der Waals surface area contributed by atoms with Gasteiger partial charge in [0.1, 0.15) is 4.99 Å². The maximum Gasteiger partial charge on any atom is 0.187 e. The molecule has 0 amide bonds. The zero-order valence-electron chi connectivity index (χ0n) is 10.2. The quantitative estimate of drug-likeness (QED) is 0.842. The van der Waals surface area contributed by atoms with Crippen molar-refractivity contribution in [3.8, 4) is 0 Å². The normalized spacial score (nSPS) is 10.3. The Morgan fingerprint density at radius 3 is 2.94 bits per heavy atom. The lowest BCUT2D eigenvalue weighted by Gasteiger charge is -2.03. The van der Waals surface area contributed by atoms with Crippen molar-refractivity contribution in [2.24, 2.45) is 5.73 Å². The number of thiocarbonyl (C=S) groups is 1. The average molecular weight is 278 g/mol. The van der Waals surface area contributed by atoms with Crippen LogP contribution in [-0.4, -0.2) is 15.0 Å². The number of hydrogen-bond acceptors (Lipinski definition) is 5. The molecule has 2 heterocycles. The van der Waals surface area contributed by atoms with Crippen LogP contribution in [0.4, 0.5) is 10.8 Å². The summed E-state index contributed by atoms with van der Waals surface area (Å²) in [7, 11) is 0. The largest absolute Gasteiger partial charge is 0.388 e. The standard InChI is InChI=1S/C12H14N4S2/c1-3-9-7(2)18-12(16-9)15-8-4-5-14-10(6-8)11(13)17/h4-6H,3H2,1-2H3,(H2,13,17)(H,14,15,16). The molecule has 4 nitrogen and oxygen atoms in total. The smallest absolute Gasteiger partial charge is 0.187 e. The number of nitrogens with one attached hydrogen (secondary N) is 1. The van der Waals surface area contributed by atoms with Crippen LogP contribution >= 0.6 is 23.6 Å². The van der Waals surface area contributed by atoms with Crippen LogP contribution in [0.25, 0.3) is 0 Å². The second-order valence-electron chi connectivity index (χ2n) is 3.79. The predicted molar refractivity (Wildman–Crippen MR) is 79.6 cm³/mol. The Balaban J connectivity index is 2.22. The van der Waals surface area contributed by atoms with E-state index in [0.717, 1.165) is 22.9 Å². The fourth-order valence-electron chi connectivity index (χ4n) is 1.58. The zero-order valence-corrected chi connectivity index (χ0v) is 11.9. The van der Waals surface area contributed by atoms with Gasteiger partial charge in [-0.25, -0.2) is 4.98 Å². The van der Waals surface area contributed by atoms with Gasteiger partial charge >= 0.3 is 0 Å². The first-order chi connectivity index (χ1) is 8.60. The molecule has 3 N–H and O–H groups in total. The lowest BCUT2D eigenvalue weighted by Crippen LogP contribution is -2.11. The van der Waals surface area contributed by atoms with E-state index in [1.165, 1.54) is 4.88 Å². The Hall–Kier alpha value is -1.53. The summed E-state index contributed by atoms with van der Waals surface area (Å²) in [6.07, 6.45) is 2.62. The molecule has 0 fully saturated rings. The highest BCUT2D eigenvalue weighted by molar-refractivity contribution is 7.80. The van der Waals surface area contributed by atoms with E-state index in [0.29, 0.717) is 10.7 Å². The molecular formula is C12H14N4S2. The molecule has 2 aromatic heterocycles. The molecule has 94 valence electrons. The molecule has 18 heavy (non-hydrogen) atoms. The molecular weight excluding hydrogens is 264 g/mol. The van der Waals surface area contributed by atoms with Crippen molar-refractivity contribution in [2.75, 3.05) is 5.32 Å². The fourth-order valence-corrected chi connectivity index (χ4v) is 2.61. The van der Waals surface area contributed by atoms with E-state index in [1.54, 1.807) is 17.5 Å². The van der Waals surface area contributed by atoms with Crippen LogP contribution in [-0.2, 0) is 6.42 Å².